The lowest BCUT2D eigenvalue weighted by molar-refractivity contribution is -0.00794. The van der Waals surface area contributed by atoms with E-state index in [9.17, 15) is 9.90 Å². The third-order valence-electron chi connectivity index (χ3n) is 4.96. The molecule has 0 saturated heterocycles. The zero-order valence-corrected chi connectivity index (χ0v) is 16.2. The number of benzene rings is 1. The number of hydrogen-bond acceptors (Lipinski definition) is 5. The highest BCUT2D eigenvalue weighted by atomic mass is 16.5. The summed E-state index contributed by atoms with van der Waals surface area (Å²) in [6.07, 6.45) is 2.92. The summed E-state index contributed by atoms with van der Waals surface area (Å²) in [6.45, 7) is 6.65. The largest absolute Gasteiger partial charge is 0.493 e. The Kier molecular flexibility index (Phi) is 4.47. The summed E-state index contributed by atoms with van der Waals surface area (Å²) in [7, 11) is 0. The summed E-state index contributed by atoms with van der Waals surface area (Å²) < 4.78 is 12.9. The zero-order valence-electron chi connectivity index (χ0n) is 16.2. The fraction of sp³-hybridized carbons (Fsp3) is 0.333. The van der Waals surface area contributed by atoms with E-state index in [-0.39, 0.29) is 11.5 Å². The first kappa shape index (κ1) is 18.3. The van der Waals surface area contributed by atoms with Crippen molar-refractivity contribution in [3.8, 4) is 23.2 Å². The van der Waals surface area contributed by atoms with Crippen LogP contribution in [0, 0.1) is 0 Å². The van der Waals surface area contributed by atoms with Crippen molar-refractivity contribution in [1.29, 1.82) is 0 Å². The Labute approximate surface area is 162 Å². The third kappa shape index (κ3) is 3.18. The molecule has 0 spiro atoms. The molecule has 2 aromatic heterocycles. The minimum Gasteiger partial charge on any atom is -0.493 e. The highest BCUT2D eigenvalue weighted by Crippen LogP contribution is 2.38. The van der Waals surface area contributed by atoms with E-state index < -0.39 is 5.69 Å². The van der Waals surface area contributed by atoms with Gasteiger partial charge >= 0.3 is 5.69 Å². The standard InChI is InChI=1S/C21H23N3O4/c1-4-5-17-19(25)24(20(26)23-17)14-7-9-18(22-11-14)28-15-8-6-13-12-27-21(2,3)16(13)10-15/h6-11,25H,4-5,12H2,1-3H3,(H,23,26). The molecule has 0 fully saturated rings. The number of aryl methyl sites for hydroxylation is 1. The van der Waals surface area contributed by atoms with Crippen molar-refractivity contribution in [3.63, 3.8) is 0 Å². The van der Waals surface area contributed by atoms with Gasteiger partial charge in [-0.3, -0.25) is 0 Å². The maximum absolute atomic E-state index is 12.2. The number of aromatic amines is 1. The molecular weight excluding hydrogens is 358 g/mol. The zero-order chi connectivity index (χ0) is 19.9. The van der Waals surface area contributed by atoms with Gasteiger partial charge in [-0.15, -0.1) is 0 Å². The minimum atomic E-state index is -0.391. The number of nitrogens with one attached hydrogen (secondary N) is 1. The van der Waals surface area contributed by atoms with Crippen LogP contribution in [0.15, 0.2) is 41.3 Å². The van der Waals surface area contributed by atoms with Crippen LogP contribution in [0.4, 0.5) is 0 Å². The van der Waals surface area contributed by atoms with Crippen LogP contribution in [0.25, 0.3) is 5.69 Å². The number of imidazole rings is 1. The van der Waals surface area contributed by atoms with Crippen LogP contribution in [0.5, 0.6) is 17.5 Å². The first-order chi connectivity index (χ1) is 13.4. The number of hydrogen-bond donors (Lipinski definition) is 2. The van der Waals surface area contributed by atoms with Gasteiger partial charge in [-0.25, -0.2) is 14.3 Å². The van der Waals surface area contributed by atoms with E-state index in [4.69, 9.17) is 9.47 Å². The summed E-state index contributed by atoms with van der Waals surface area (Å²) in [5.74, 6) is 0.991. The first-order valence-corrected chi connectivity index (χ1v) is 9.33. The Bertz CT molecular complexity index is 1060. The number of ether oxygens (including phenoxy) is 2. The first-order valence-electron chi connectivity index (χ1n) is 9.33. The van der Waals surface area contributed by atoms with E-state index in [1.165, 1.54) is 10.8 Å². The number of fused-ring (bicyclic) bond motifs is 1. The predicted octanol–water partition coefficient (Wildman–Crippen LogP) is 3.78. The van der Waals surface area contributed by atoms with E-state index in [1.54, 1.807) is 12.1 Å². The third-order valence-corrected chi connectivity index (χ3v) is 4.96. The van der Waals surface area contributed by atoms with Gasteiger partial charge in [0.05, 0.1) is 29.8 Å². The molecule has 0 bridgehead atoms. The Morgan fingerprint density at radius 3 is 2.86 bits per heavy atom. The summed E-state index contributed by atoms with van der Waals surface area (Å²) in [4.78, 5) is 19.1. The van der Waals surface area contributed by atoms with Gasteiger partial charge in [0.1, 0.15) is 5.75 Å². The van der Waals surface area contributed by atoms with Crippen molar-refractivity contribution in [2.24, 2.45) is 0 Å². The van der Waals surface area contributed by atoms with Crippen molar-refractivity contribution < 1.29 is 14.6 Å². The van der Waals surface area contributed by atoms with E-state index in [2.05, 4.69) is 9.97 Å². The molecule has 1 aliphatic rings. The van der Waals surface area contributed by atoms with Gasteiger partial charge in [-0.2, -0.15) is 0 Å². The smallest absolute Gasteiger partial charge is 0.333 e. The Hall–Kier alpha value is -3.06. The SMILES string of the molecule is CCCc1[nH]c(=O)n(-c2ccc(Oc3ccc4c(c3)C(C)(C)OC4)nc2)c1O. The molecule has 146 valence electrons. The number of pyridine rings is 1. The second-order valence-electron chi connectivity index (χ2n) is 7.39. The number of aromatic hydroxyl groups is 1. The number of H-pyrrole nitrogens is 1. The molecule has 7 nitrogen and oxygen atoms in total. The Morgan fingerprint density at radius 2 is 2.14 bits per heavy atom. The second kappa shape index (κ2) is 6.83. The van der Waals surface area contributed by atoms with Gasteiger partial charge < -0.3 is 19.6 Å². The molecule has 0 aliphatic carbocycles. The van der Waals surface area contributed by atoms with Crippen LogP contribution < -0.4 is 10.4 Å². The summed E-state index contributed by atoms with van der Waals surface area (Å²) in [6, 6.07) is 9.21. The van der Waals surface area contributed by atoms with Crippen LogP contribution in [0.2, 0.25) is 0 Å². The lowest BCUT2D eigenvalue weighted by Gasteiger charge is -2.18. The molecule has 0 amide bonds. The average Bonchev–Trinajstić information content (AvgIpc) is 3.12. The van der Waals surface area contributed by atoms with Crippen molar-refractivity contribution in [2.75, 3.05) is 0 Å². The number of rotatable bonds is 5. The number of aromatic nitrogens is 3. The van der Waals surface area contributed by atoms with Crippen molar-refractivity contribution in [1.82, 2.24) is 14.5 Å². The van der Waals surface area contributed by atoms with Gasteiger partial charge in [-0.1, -0.05) is 19.4 Å². The molecule has 0 atom stereocenters. The van der Waals surface area contributed by atoms with Gasteiger partial charge in [0.15, 0.2) is 0 Å². The van der Waals surface area contributed by atoms with E-state index in [0.717, 1.165) is 17.5 Å². The monoisotopic (exact) mass is 381 g/mol. The van der Waals surface area contributed by atoms with Crippen LogP contribution in [0.3, 0.4) is 0 Å². The maximum atomic E-state index is 12.2. The normalized spacial score (nSPS) is 14.8. The second-order valence-corrected chi connectivity index (χ2v) is 7.39. The molecule has 1 aromatic carbocycles. The average molecular weight is 381 g/mol. The summed E-state index contributed by atoms with van der Waals surface area (Å²) in [5.41, 5.74) is 2.53. The van der Waals surface area contributed by atoms with Crippen LogP contribution in [-0.4, -0.2) is 19.6 Å². The van der Waals surface area contributed by atoms with Gasteiger partial charge in [0.25, 0.3) is 0 Å². The predicted molar refractivity (Wildman–Crippen MR) is 104 cm³/mol. The minimum absolute atomic E-state index is 0.0804. The topological polar surface area (TPSA) is 89.4 Å². The van der Waals surface area contributed by atoms with E-state index >= 15 is 0 Å². The number of nitrogens with zero attached hydrogens (tertiary/aromatic N) is 2. The molecule has 28 heavy (non-hydrogen) atoms. The summed E-state index contributed by atoms with van der Waals surface area (Å²) >= 11 is 0. The summed E-state index contributed by atoms with van der Waals surface area (Å²) in [5, 5.41) is 10.3. The fourth-order valence-electron chi connectivity index (χ4n) is 3.46. The van der Waals surface area contributed by atoms with Gasteiger partial charge in [0.2, 0.25) is 11.8 Å². The van der Waals surface area contributed by atoms with Gasteiger partial charge in [-0.05, 0) is 49.6 Å². The molecule has 7 heteroatoms. The van der Waals surface area contributed by atoms with Crippen LogP contribution in [-0.2, 0) is 23.4 Å². The molecule has 1 aliphatic heterocycles. The highest BCUT2D eigenvalue weighted by molar-refractivity contribution is 5.43. The lowest BCUT2D eigenvalue weighted by Crippen LogP contribution is -2.14. The molecule has 0 unspecified atom stereocenters. The molecule has 2 N–H and O–H groups in total. The molecule has 0 saturated carbocycles. The van der Waals surface area contributed by atoms with Crippen LogP contribution >= 0.6 is 0 Å². The molecule has 3 heterocycles. The maximum Gasteiger partial charge on any atom is 0.333 e. The van der Waals surface area contributed by atoms with Crippen molar-refractivity contribution in [3.05, 3.63) is 63.8 Å². The van der Waals surface area contributed by atoms with E-state index in [1.807, 2.05) is 39.0 Å². The molecular formula is C21H23N3O4. The fourth-order valence-corrected chi connectivity index (χ4v) is 3.46. The van der Waals surface area contributed by atoms with E-state index in [0.29, 0.717) is 36.0 Å². The highest BCUT2D eigenvalue weighted by Gasteiger charge is 2.31. The molecule has 0 radical (unpaired) electrons. The van der Waals surface area contributed by atoms with Crippen molar-refractivity contribution in [2.45, 2.75) is 45.8 Å². The van der Waals surface area contributed by atoms with Gasteiger partial charge in [0, 0.05) is 6.07 Å². The lowest BCUT2D eigenvalue weighted by atomic mass is 9.96. The van der Waals surface area contributed by atoms with Crippen LogP contribution in [0.1, 0.15) is 44.0 Å². The Morgan fingerprint density at radius 1 is 1.32 bits per heavy atom. The Balaban J connectivity index is 1.58. The molecule has 3 aromatic rings. The molecule has 4 rings (SSSR count). The van der Waals surface area contributed by atoms with Crippen molar-refractivity contribution >= 4 is 0 Å². The quantitative estimate of drug-likeness (QED) is 0.702.